The van der Waals surface area contributed by atoms with Crippen molar-refractivity contribution in [1.82, 2.24) is 4.90 Å². The first-order valence-electron chi connectivity index (χ1n) is 6.76. The molecular formula is C13H22N2O2S. The van der Waals surface area contributed by atoms with Crippen molar-refractivity contribution in [2.45, 2.75) is 57.1 Å². The Morgan fingerprint density at radius 2 is 2.11 bits per heavy atom. The van der Waals surface area contributed by atoms with E-state index in [0.717, 1.165) is 25.7 Å². The van der Waals surface area contributed by atoms with Crippen molar-refractivity contribution in [2.24, 2.45) is 5.73 Å². The number of nitrogens with zero attached hydrogens (tertiary/aromatic N) is 1. The van der Waals surface area contributed by atoms with Gasteiger partial charge in [-0.3, -0.25) is 4.79 Å². The molecule has 0 spiro atoms. The molecule has 1 saturated carbocycles. The first-order chi connectivity index (χ1) is 8.53. The summed E-state index contributed by atoms with van der Waals surface area (Å²) in [5.41, 5.74) is 4.98. The van der Waals surface area contributed by atoms with E-state index in [0.29, 0.717) is 24.2 Å². The van der Waals surface area contributed by atoms with Gasteiger partial charge < -0.3 is 15.4 Å². The molecule has 1 heterocycles. The van der Waals surface area contributed by atoms with E-state index in [9.17, 15) is 4.79 Å². The summed E-state index contributed by atoms with van der Waals surface area (Å²) < 4.78 is 5.65. The number of amides is 1. The maximum absolute atomic E-state index is 12.7. The van der Waals surface area contributed by atoms with E-state index < -0.39 is 5.60 Å². The summed E-state index contributed by atoms with van der Waals surface area (Å²) in [6, 6.07) is 0.292. The zero-order valence-electron chi connectivity index (χ0n) is 11.0. The van der Waals surface area contributed by atoms with Crippen molar-refractivity contribution in [1.29, 1.82) is 0 Å². The summed E-state index contributed by atoms with van der Waals surface area (Å²) in [5, 5.41) is 0. The Hall–Kier alpha value is -0.680. The molecule has 0 aromatic heterocycles. The van der Waals surface area contributed by atoms with E-state index in [-0.39, 0.29) is 5.91 Å². The fourth-order valence-electron chi connectivity index (χ4n) is 3.00. The molecule has 0 radical (unpaired) electrons. The Bertz CT molecular complexity index is 334. The maximum Gasteiger partial charge on any atom is 0.255 e. The fourth-order valence-corrected chi connectivity index (χ4v) is 3.14. The third-order valence-corrected chi connectivity index (χ3v) is 4.15. The molecule has 5 heteroatoms. The predicted molar refractivity (Wildman–Crippen MR) is 74.3 cm³/mol. The largest absolute Gasteiger partial charge is 0.392 e. The highest BCUT2D eigenvalue weighted by atomic mass is 32.1. The standard InChI is InChI=1S/C13H22N2O2S/c1-13(7-4-8-17-13)12(16)15(9-11(14)18)10-5-2-3-6-10/h10H,2-9H2,1H3,(H2,14,18). The second kappa shape index (κ2) is 5.53. The Balaban J connectivity index is 2.11. The highest BCUT2D eigenvalue weighted by molar-refractivity contribution is 7.80. The molecule has 102 valence electrons. The lowest BCUT2D eigenvalue weighted by Gasteiger charge is -2.35. The number of hydrogen-bond acceptors (Lipinski definition) is 3. The van der Waals surface area contributed by atoms with Gasteiger partial charge in [-0.15, -0.1) is 0 Å². The molecule has 0 bridgehead atoms. The van der Waals surface area contributed by atoms with Crippen LogP contribution >= 0.6 is 12.2 Å². The van der Waals surface area contributed by atoms with Crippen LogP contribution < -0.4 is 5.73 Å². The molecule has 18 heavy (non-hydrogen) atoms. The Labute approximate surface area is 114 Å². The summed E-state index contributed by atoms with van der Waals surface area (Å²) in [5.74, 6) is 0.0692. The topological polar surface area (TPSA) is 55.6 Å². The first kappa shape index (κ1) is 13.7. The minimum Gasteiger partial charge on any atom is -0.392 e. The predicted octanol–water partition coefficient (Wildman–Crippen LogP) is 1.61. The second-order valence-corrected chi connectivity index (χ2v) is 6.04. The van der Waals surface area contributed by atoms with Crippen LogP contribution in [-0.2, 0) is 9.53 Å². The number of carbonyl (C=O) groups excluding carboxylic acids is 1. The number of thiocarbonyl (C=S) groups is 1. The highest BCUT2D eigenvalue weighted by Crippen LogP contribution is 2.31. The van der Waals surface area contributed by atoms with Crippen molar-refractivity contribution in [3.8, 4) is 0 Å². The van der Waals surface area contributed by atoms with Crippen molar-refractivity contribution in [2.75, 3.05) is 13.2 Å². The van der Waals surface area contributed by atoms with Crippen LogP contribution in [-0.4, -0.2) is 40.6 Å². The van der Waals surface area contributed by atoms with E-state index in [4.69, 9.17) is 22.7 Å². The number of carbonyl (C=O) groups is 1. The van der Waals surface area contributed by atoms with Crippen molar-refractivity contribution >= 4 is 23.1 Å². The van der Waals surface area contributed by atoms with Gasteiger partial charge in [0.15, 0.2) is 0 Å². The van der Waals surface area contributed by atoms with Gasteiger partial charge in [-0.05, 0) is 32.6 Å². The normalized spacial score (nSPS) is 28.5. The van der Waals surface area contributed by atoms with Gasteiger partial charge in [0.2, 0.25) is 0 Å². The molecule has 1 atom stereocenters. The molecule has 1 saturated heterocycles. The van der Waals surface area contributed by atoms with Gasteiger partial charge >= 0.3 is 0 Å². The third-order valence-electron chi connectivity index (χ3n) is 4.02. The van der Waals surface area contributed by atoms with Gasteiger partial charge in [-0.25, -0.2) is 0 Å². The third kappa shape index (κ3) is 2.83. The lowest BCUT2D eigenvalue weighted by Crippen LogP contribution is -2.52. The smallest absolute Gasteiger partial charge is 0.255 e. The molecule has 2 aliphatic rings. The lowest BCUT2D eigenvalue weighted by molar-refractivity contribution is -0.152. The summed E-state index contributed by atoms with van der Waals surface area (Å²) >= 11 is 4.98. The van der Waals surface area contributed by atoms with Crippen LogP contribution in [0.4, 0.5) is 0 Å². The van der Waals surface area contributed by atoms with Crippen LogP contribution in [0, 0.1) is 0 Å². The molecule has 4 nitrogen and oxygen atoms in total. The van der Waals surface area contributed by atoms with Crippen LogP contribution in [0.15, 0.2) is 0 Å². The first-order valence-corrected chi connectivity index (χ1v) is 7.17. The number of rotatable bonds is 4. The van der Waals surface area contributed by atoms with Crippen molar-refractivity contribution in [3.05, 3.63) is 0 Å². The van der Waals surface area contributed by atoms with E-state index in [1.807, 2.05) is 11.8 Å². The fraction of sp³-hybridized carbons (Fsp3) is 0.846. The molecule has 2 fully saturated rings. The maximum atomic E-state index is 12.7. The van der Waals surface area contributed by atoms with Crippen LogP contribution in [0.1, 0.15) is 45.4 Å². The van der Waals surface area contributed by atoms with Gasteiger partial charge in [0.1, 0.15) is 5.60 Å². The summed E-state index contributed by atoms with van der Waals surface area (Å²) in [6.07, 6.45) is 6.24. The Morgan fingerprint density at radius 1 is 1.44 bits per heavy atom. The highest BCUT2D eigenvalue weighted by Gasteiger charge is 2.42. The second-order valence-electron chi connectivity index (χ2n) is 5.52. The van der Waals surface area contributed by atoms with Crippen molar-refractivity contribution in [3.63, 3.8) is 0 Å². The molecule has 0 aromatic carbocycles. The zero-order valence-corrected chi connectivity index (χ0v) is 11.8. The van der Waals surface area contributed by atoms with Gasteiger partial charge in [-0.1, -0.05) is 25.1 Å². The van der Waals surface area contributed by atoms with Gasteiger partial charge in [0, 0.05) is 12.6 Å². The average molecular weight is 270 g/mol. The summed E-state index contributed by atoms with van der Waals surface area (Å²) in [7, 11) is 0. The minimum atomic E-state index is -0.659. The number of ether oxygens (including phenoxy) is 1. The van der Waals surface area contributed by atoms with Crippen LogP contribution in [0.2, 0.25) is 0 Å². The molecular weight excluding hydrogens is 248 g/mol. The van der Waals surface area contributed by atoms with Gasteiger partial charge in [-0.2, -0.15) is 0 Å². The Morgan fingerprint density at radius 3 is 2.61 bits per heavy atom. The summed E-state index contributed by atoms with van der Waals surface area (Å²) in [4.78, 5) is 14.9. The van der Waals surface area contributed by atoms with E-state index in [2.05, 4.69) is 0 Å². The SMILES string of the molecule is CC1(C(=O)N(CC(N)=S)C2CCCC2)CCCO1. The molecule has 1 amide bonds. The molecule has 2 N–H and O–H groups in total. The van der Waals surface area contributed by atoms with Crippen LogP contribution in [0.25, 0.3) is 0 Å². The lowest BCUT2D eigenvalue weighted by atomic mass is 9.99. The number of nitrogens with two attached hydrogens (primary N) is 1. The molecule has 1 aliphatic heterocycles. The zero-order chi connectivity index (χ0) is 13.2. The van der Waals surface area contributed by atoms with Crippen LogP contribution in [0.3, 0.4) is 0 Å². The monoisotopic (exact) mass is 270 g/mol. The Kier molecular flexibility index (Phi) is 4.22. The van der Waals surface area contributed by atoms with Crippen molar-refractivity contribution < 1.29 is 9.53 Å². The average Bonchev–Trinajstić information content (AvgIpc) is 2.96. The van der Waals surface area contributed by atoms with Crippen LogP contribution in [0.5, 0.6) is 0 Å². The van der Waals surface area contributed by atoms with E-state index in [1.54, 1.807) is 0 Å². The quantitative estimate of drug-likeness (QED) is 0.789. The van der Waals surface area contributed by atoms with E-state index in [1.165, 1.54) is 12.8 Å². The van der Waals surface area contributed by atoms with Gasteiger partial charge in [0.25, 0.3) is 5.91 Å². The molecule has 1 unspecified atom stereocenters. The van der Waals surface area contributed by atoms with Gasteiger partial charge in [0.05, 0.1) is 11.5 Å². The molecule has 0 aromatic rings. The summed E-state index contributed by atoms with van der Waals surface area (Å²) in [6.45, 7) is 2.95. The molecule has 1 aliphatic carbocycles. The van der Waals surface area contributed by atoms with E-state index >= 15 is 0 Å². The minimum absolute atomic E-state index is 0.0692. The molecule has 2 rings (SSSR count). The number of hydrogen-bond donors (Lipinski definition) is 1.